The van der Waals surface area contributed by atoms with Crippen LogP contribution in [-0.2, 0) is 16.2 Å². The maximum absolute atomic E-state index is 9.45. The highest BCUT2D eigenvalue weighted by Crippen LogP contribution is 2.31. The van der Waals surface area contributed by atoms with E-state index < -0.39 is 0 Å². The largest absolute Gasteiger partial charge is 0.508 e. The van der Waals surface area contributed by atoms with Gasteiger partial charge in [-0.2, -0.15) is 9.90 Å². The van der Waals surface area contributed by atoms with Crippen molar-refractivity contribution in [1.29, 1.82) is 0 Å². The SMILES string of the molecule is CC(C)(C)c1ccccc1O.CC(C)(C)c1ccccc1O.CC(C)(C)c1ccccc1O.P. The minimum Gasteiger partial charge on any atom is -0.508 e. The lowest BCUT2D eigenvalue weighted by atomic mass is 9.86. The molecule has 3 aromatic rings. The van der Waals surface area contributed by atoms with Crippen LogP contribution in [0.5, 0.6) is 17.2 Å². The Bertz CT molecular complexity index is 874. The topological polar surface area (TPSA) is 60.7 Å². The normalized spacial score (nSPS) is 11.2. The van der Waals surface area contributed by atoms with Gasteiger partial charge in [0.1, 0.15) is 17.2 Å². The predicted octanol–water partition coefficient (Wildman–Crippen LogP) is 8.13. The van der Waals surface area contributed by atoms with E-state index >= 15 is 0 Å². The molecule has 3 nitrogen and oxygen atoms in total. The Morgan fingerprint density at radius 3 is 0.676 bits per heavy atom. The lowest BCUT2D eigenvalue weighted by molar-refractivity contribution is 0.446. The third-order valence-electron chi connectivity index (χ3n) is 5.14. The molecule has 0 radical (unpaired) electrons. The first-order chi connectivity index (χ1) is 15.0. The Labute approximate surface area is 210 Å². The molecule has 0 fully saturated rings. The third kappa shape index (κ3) is 10.2. The lowest BCUT2D eigenvalue weighted by Crippen LogP contribution is -2.10. The third-order valence-corrected chi connectivity index (χ3v) is 5.14. The maximum Gasteiger partial charge on any atom is 0.119 e. The van der Waals surface area contributed by atoms with E-state index in [9.17, 15) is 15.3 Å². The molecule has 34 heavy (non-hydrogen) atoms. The smallest absolute Gasteiger partial charge is 0.119 e. The molecule has 4 heteroatoms. The second-order valence-electron chi connectivity index (χ2n) is 11.3. The van der Waals surface area contributed by atoms with E-state index in [2.05, 4.69) is 62.3 Å². The Morgan fingerprint density at radius 1 is 0.382 bits per heavy atom. The van der Waals surface area contributed by atoms with Gasteiger partial charge in [0, 0.05) is 0 Å². The number of benzene rings is 3. The van der Waals surface area contributed by atoms with Gasteiger partial charge in [-0.3, -0.25) is 0 Å². The molecule has 1 unspecified atom stereocenters. The molecule has 1 atom stereocenters. The van der Waals surface area contributed by atoms with Gasteiger partial charge in [0.25, 0.3) is 0 Å². The van der Waals surface area contributed by atoms with Gasteiger partial charge in [0.2, 0.25) is 0 Å². The zero-order valence-corrected chi connectivity index (χ0v) is 23.9. The Balaban J connectivity index is 0.000000473. The van der Waals surface area contributed by atoms with Crippen LogP contribution in [0, 0.1) is 0 Å². The van der Waals surface area contributed by atoms with Crippen molar-refractivity contribution in [1.82, 2.24) is 0 Å². The van der Waals surface area contributed by atoms with Crippen molar-refractivity contribution in [3.63, 3.8) is 0 Å². The zero-order chi connectivity index (χ0) is 25.4. The van der Waals surface area contributed by atoms with Crippen LogP contribution in [0.25, 0.3) is 0 Å². The molecular formula is C30H45O3P. The molecule has 3 N–H and O–H groups in total. The van der Waals surface area contributed by atoms with Gasteiger partial charge in [-0.1, -0.05) is 117 Å². The van der Waals surface area contributed by atoms with E-state index in [0.717, 1.165) is 16.7 Å². The van der Waals surface area contributed by atoms with Gasteiger partial charge < -0.3 is 15.3 Å². The summed E-state index contributed by atoms with van der Waals surface area (Å²) < 4.78 is 0. The van der Waals surface area contributed by atoms with Crippen LogP contribution >= 0.6 is 9.90 Å². The molecule has 0 bridgehead atoms. The number of hydrogen-bond donors (Lipinski definition) is 3. The van der Waals surface area contributed by atoms with Gasteiger partial charge >= 0.3 is 0 Å². The zero-order valence-electron chi connectivity index (χ0n) is 22.5. The summed E-state index contributed by atoms with van der Waals surface area (Å²) in [7, 11) is 0. The molecule has 0 spiro atoms. The first kappa shape index (κ1) is 31.5. The second-order valence-corrected chi connectivity index (χ2v) is 11.3. The average Bonchev–Trinajstić information content (AvgIpc) is 2.67. The average molecular weight is 485 g/mol. The quantitative estimate of drug-likeness (QED) is 0.282. The molecule has 0 amide bonds. The van der Waals surface area contributed by atoms with Gasteiger partial charge in [-0.25, -0.2) is 0 Å². The predicted molar refractivity (Wildman–Crippen MR) is 152 cm³/mol. The first-order valence-corrected chi connectivity index (χ1v) is 11.4. The summed E-state index contributed by atoms with van der Waals surface area (Å²) in [6.07, 6.45) is 0. The summed E-state index contributed by atoms with van der Waals surface area (Å²) in [5.41, 5.74) is 3.10. The molecule has 0 aliphatic heterocycles. The molecular weight excluding hydrogens is 439 g/mol. The highest BCUT2D eigenvalue weighted by molar-refractivity contribution is 6.92. The van der Waals surface area contributed by atoms with Crippen molar-refractivity contribution in [2.75, 3.05) is 0 Å². The number of para-hydroxylation sites is 3. The van der Waals surface area contributed by atoms with Crippen molar-refractivity contribution in [2.45, 2.75) is 78.6 Å². The molecule has 3 rings (SSSR count). The van der Waals surface area contributed by atoms with Gasteiger partial charge in [0.15, 0.2) is 0 Å². The minimum absolute atomic E-state index is 0. The van der Waals surface area contributed by atoms with E-state index in [4.69, 9.17) is 0 Å². The van der Waals surface area contributed by atoms with Crippen molar-refractivity contribution in [3.05, 3.63) is 89.5 Å². The highest BCUT2D eigenvalue weighted by atomic mass is 31.0. The second kappa shape index (κ2) is 12.8. The van der Waals surface area contributed by atoms with E-state index in [1.807, 2.05) is 54.6 Å². The fraction of sp³-hybridized carbons (Fsp3) is 0.400. The number of phenols is 3. The van der Waals surface area contributed by atoms with E-state index in [1.54, 1.807) is 18.2 Å². The fourth-order valence-corrected chi connectivity index (χ4v) is 3.32. The standard InChI is InChI=1S/3C10H14O.H3P/c3*1-10(2,3)8-6-4-5-7-9(8)11;/h3*4-7,11H,1-3H3;1H3. The van der Waals surface area contributed by atoms with Gasteiger partial charge in [0.05, 0.1) is 0 Å². The summed E-state index contributed by atoms with van der Waals surface area (Å²) in [6.45, 7) is 18.8. The lowest BCUT2D eigenvalue weighted by Gasteiger charge is -2.19. The van der Waals surface area contributed by atoms with Crippen molar-refractivity contribution < 1.29 is 15.3 Å². The molecule has 0 heterocycles. The van der Waals surface area contributed by atoms with E-state index in [1.165, 1.54) is 0 Å². The maximum atomic E-state index is 9.45. The van der Waals surface area contributed by atoms with Gasteiger partial charge in [-0.05, 0) is 51.1 Å². The molecule has 0 saturated carbocycles. The number of aromatic hydroxyl groups is 3. The number of phenolic OH excluding ortho intramolecular Hbond substituents is 3. The highest BCUT2D eigenvalue weighted by Gasteiger charge is 2.17. The van der Waals surface area contributed by atoms with E-state index in [-0.39, 0.29) is 26.1 Å². The van der Waals surface area contributed by atoms with Crippen LogP contribution < -0.4 is 0 Å². The summed E-state index contributed by atoms with van der Waals surface area (Å²) in [6, 6.07) is 22.4. The van der Waals surface area contributed by atoms with Crippen molar-refractivity contribution in [3.8, 4) is 17.2 Å². The first-order valence-electron chi connectivity index (χ1n) is 11.4. The molecule has 3 aromatic carbocycles. The molecule has 0 aliphatic rings. The summed E-state index contributed by atoms with van der Waals surface area (Å²) in [5, 5.41) is 28.3. The van der Waals surface area contributed by atoms with Crippen LogP contribution in [0.1, 0.15) is 79.0 Å². The Hall–Kier alpha value is -2.51. The van der Waals surface area contributed by atoms with Crippen molar-refractivity contribution >= 4 is 9.90 Å². The number of hydrogen-bond acceptors (Lipinski definition) is 3. The summed E-state index contributed by atoms with van der Waals surface area (Å²) >= 11 is 0. The molecule has 0 aliphatic carbocycles. The molecule has 0 saturated heterocycles. The van der Waals surface area contributed by atoms with Crippen LogP contribution in [-0.4, -0.2) is 15.3 Å². The molecule has 188 valence electrons. The fourth-order valence-electron chi connectivity index (χ4n) is 3.32. The van der Waals surface area contributed by atoms with E-state index in [0.29, 0.717) is 17.2 Å². The summed E-state index contributed by atoms with van der Waals surface area (Å²) in [5.74, 6) is 1.17. The summed E-state index contributed by atoms with van der Waals surface area (Å²) in [4.78, 5) is 0. The van der Waals surface area contributed by atoms with Crippen LogP contribution in [0.2, 0.25) is 0 Å². The Morgan fingerprint density at radius 2 is 0.559 bits per heavy atom. The van der Waals surface area contributed by atoms with Crippen LogP contribution in [0.4, 0.5) is 0 Å². The van der Waals surface area contributed by atoms with Crippen LogP contribution in [0.15, 0.2) is 72.8 Å². The van der Waals surface area contributed by atoms with Crippen molar-refractivity contribution in [2.24, 2.45) is 0 Å². The Kier molecular flexibility index (Phi) is 11.9. The van der Waals surface area contributed by atoms with Gasteiger partial charge in [-0.15, -0.1) is 0 Å². The van der Waals surface area contributed by atoms with Crippen LogP contribution in [0.3, 0.4) is 0 Å². The monoisotopic (exact) mass is 484 g/mol. The minimum atomic E-state index is 0. The number of rotatable bonds is 0. The molecule has 0 aromatic heterocycles.